The van der Waals surface area contributed by atoms with E-state index in [9.17, 15) is 14.4 Å². The summed E-state index contributed by atoms with van der Waals surface area (Å²) in [4.78, 5) is 36.9. The number of benzene rings is 3. The lowest BCUT2D eigenvalue weighted by Crippen LogP contribution is -2.50. The molecular weight excluding hydrogens is 524 g/mol. The molecule has 0 radical (unpaired) electrons. The molecule has 0 unspecified atom stereocenters. The maximum absolute atomic E-state index is 13.4. The van der Waals surface area contributed by atoms with Crippen LogP contribution in [-0.2, 0) is 19.1 Å². The van der Waals surface area contributed by atoms with Crippen LogP contribution in [0.3, 0.4) is 0 Å². The van der Waals surface area contributed by atoms with Crippen LogP contribution >= 0.6 is 11.8 Å². The minimum atomic E-state index is -0.894. The molecule has 1 atom stereocenters. The Kier molecular flexibility index (Phi) is 11.2. The average molecular weight is 563 g/mol. The zero-order valence-electron chi connectivity index (χ0n) is 23.3. The third kappa shape index (κ3) is 8.88. The Morgan fingerprint density at radius 2 is 1.27 bits per heavy atom. The molecule has 0 heterocycles. The van der Waals surface area contributed by atoms with Crippen molar-refractivity contribution in [3.05, 3.63) is 108 Å². The lowest BCUT2D eigenvalue weighted by atomic mass is 9.84. The Hall–Kier alpha value is -3.78. The molecule has 0 spiro atoms. The summed E-state index contributed by atoms with van der Waals surface area (Å²) >= 11 is 1.56. The Morgan fingerprint density at radius 1 is 0.800 bits per heavy atom. The van der Waals surface area contributed by atoms with Crippen LogP contribution in [0.2, 0.25) is 0 Å². The first-order valence-corrected chi connectivity index (χ1v) is 14.4. The topological polar surface area (TPSA) is 105 Å². The minimum absolute atomic E-state index is 0.0407. The summed E-state index contributed by atoms with van der Waals surface area (Å²) in [6.45, 7) is 5.61. The smallest absolute Gasteiger partial charge is 0.408 e. The van der Waals surface area contributed by atoms with Crippen LogP contribution in [0.5, 0.6) is 0 Å². The molecule has 0 aliphatic carbocycles. The molecule has 8 heteroatoms. The van der Waals surface area contributed by atoms with Crippen LogP contribution in [0.25, 0.3) is 0 Å². The largest absolute Gasteiger partial charge is 0.481 e. The maximum Gasteiger partial charge on any atom is 0.408 e. The molecular formula is C32H38N2O5S. The van der Waals surface area contributed by atoms with Crippen molar-refractivity contribution < 1.29 is 24.2 Å². The number of aliphatic carboxylic acids is 1. The molecule has 3 N–H and O–H groups in total. The van der Waals surface area contributed by atoms with Gasteiger partial charge in [0, 0.05) is 18.7 Å². The monoisotopic (exact) mass is 562 g/mol. The molecule has 212 valence electrons. The normalized spacial score (nSPS) is 12.3. The summed E-state index contributed by atoms with van der Waals surface area (Å²) in [5.74, 6) is -0.971. The molecule has 2 amide bonds. The van der Waals surface area contributed by atoms with Crippen LogP contribution in [0.15, 0.2) is 91.0 Å². The summed E-state index contributed by atoms with van der Waals surface area (Å²) in [5, 5.41) is 14.5. The van der Waals surface area contributed by atoms with E-state index in [2.05, 4.69) is 47.0 Å². The average Bonchev–Trinajstić information content (AvgIpc) is 2.93. The molecule has 7 nitrogen and oxygen atoms in total. The predicted octanol–water partition coefficient (Wildman–Crippen LogP) is 5.98. The van der Waals surface area contributed by atoms with Crippen LogP contribution in [0.1, 0.15) is 56.7 Å². The van der Waals surface area contributed by atoms with E-state index < -0.39 is 28.5 Å². The van der Waals surface area contributed by atoms with Gasteiger partial charge in [-0.2, -0.15) is 0 Å². The van der Waals surface area contributed by atoms with Gasteiger partial charge >= 0.3 is 12.1 Å². The van der Waals surface area contributed by atoms with Gasteiger partial charge < -0.3 is 20.5 Å². The highest BCUT2D eigenvalue weighted by molar-refractivity contribution is 8.00. The van der Waals surface area contributed by atoms with E-state index in [1.54, 1.807) is 32.5 Å². The lowest BCUT2D eigenvalue weighted by Gasteiger charge is -2.36. The summed E-state index contributed by atoms with van der Waals surface area (Å²) < 4.78 is 4.80. The molecule has 0 bridgehead atoms. The maximum atomic E-state index is 13.4. The Morgan fingerprint density at radius 3 is 1.70 bits per heavy atom. The van der Waals surface area contributed by atoms with Gasteiger partial charge in [-0.15, -0.1) is 11.8 Å². The number of nitrogens with one attached hydrogen (secondary N) is 2. The SMILES string of the molecule is CC(C)(C)OC(=O)N[C@@H](CSC(c1ccccc1)(c1ccccc1)c1ccccc1)C(=O)NCCCCC(=O)O. The van der Waals surface area contributed by atoms with Gasteiger partial charge in [0.15, 0.2) is 0 Å². The third-order valence-electron chi connectivity index (χ3n) is 6.13. The zero-order valence-corrected chi connectivity index (χ0v) is 24.1. The molecule has 3 aromatic rings. The van der Waals surface area contributed by atoms with Crippen molar-refractivity contribution in [2.24, 2.45) is 0 Å². The fourth-order valence-electron chi connectivity index (χ4n) is 4.35. The molecule has 3 aromatic carbocycles. The number of thioether (sulfide) groups is 1. The summed E-state index contributed by atoms with van der Waals surface area (Å²) in [7, 11) is 0. The Balaban J connectivity index is 1.94. The standard InChI is InChI=1S/C32H38N2O5S/c1-31(2,3)39-30(38)34-27(29(37)33-22-14-13-21-28(35)36)23-40-32(24-15-7-4-8-16-24,25-17-9-5-10-18-25)26-19-11-6-12-20-26/h4-12,15-20,27H,13-14,21-23H2,1-3H3,(H,33,37)(H,34,38)(H,35,36)/t27-/m0/s1. The number of carboxylic acid groups (broad SMARTS) is 1. The molecule has 0 saturated heterocycles. The van der Waals surface area contributed by atoms with Gasteiger partial charge in [0.25, 0.3) is 0 Å². The number of rotatable bonds is 13. The van der Waals surface area contributed by atoms with Crippen molar-refractivity contribution in [1.29, 1.82) is 0 Å². The highest BCUT2D eigenvalue weighted by Crippen LogP contribution is 2.48. The van der Waals surface area contributed by atoms with E-state index in [0.717, 1.165) is 16.7 Å². The van der Waals surface area contributed by atoms with E-state index in [1.165, 1.54) is 0 Å². The first-order valence-electron chi connectivity index (χ1n) is 13.4. The van der Waals surface area contributed by atoms with E-state index in [-0.39, 0.29) is 18.1 Å². The number of carbonyl (C=O) groups excluding carboxylic acids is 2. The van der Waals surface area contributed by atoms with Gasteiger partial charge in [0.2, 0.25) is 5.91 Å². The molecule has 0 fully saturated rings. The van der Waals surface area contributed by atoms with E-state index in [1.807, 2.05) is 54.6 Å². The van der Waals surface area contributed by atoms with Crippen molar-refractivity contribution in [2.45, 2.75) is 56.4 Å². The first kappa shape index (κ1) is 30.8. The van der Waals surface area contributed by atoms with Crippen LogP contribution in [0, 0.1) is 0 Å². The van der Waals surface area contributed by atoms with Crippen molar-refractivity contribution in [1.82, 2.24) is 10.6 Å². The summed E-state index contributed by atoms with van der Waals surface area (Å²) in [6.07, 6.45) is 0.336. The molecule has 0 aliphatic heterocycles. The predicted molar refractivity (Wildman–Crippen MR) is 159 cm³/mol. The molecule has 40 heavy (non-hydrogen) atoms. The van der Waals surface area contributed by atoms with Gasteiger partial charge in [-0.1, -0.05) is 91.0 Å². The summed E-state index contributed by atoms with van der Waals surface area (Å²) in [5.41, 5.74) is 2.41. The number of hydrogen-bond donors (Lipinski definition) is 3. The number of ether oxygens (including phenoxy) is 1. The first-order chi connectivity index (χ1) is 19.1. The molecule has 0 saturated carbocycles. The quantitative estimate of drug-likeness (QED) is 0.175. The van der Waals surface area contributed by atoms with Crippen molar-refractivity contribution >= 4 is 29.7 Å². The minimum Gasteiger partial charge on any atom is -0.481 e. The van der Waals surface area contributed by atoms with Gasteiger partial charge in [-0.3, -0.25) is 9.59 Å². The second-order valence-electron chi connectivity index (χ2n) is 10.4. The van der Waals surface area contributed by atoms with Gasteiger partial charge in [-0.25, -0.2) is 4.79 Å². The second kappa shape index (κ2) is 14.6. The fraction of sp³-hybridized carbons (Fsp3) is 0.344. The molecule has 3 rings (SSSR count). The second-order valence-corrected chi connectivity index (χ2v) is 11.7. The highest BCUT2D eigenvalue weighted by atomic mass is 32.2. The number of hydrogen-bond acceptors (Lipinski definition) is 5. The third-order valence-corrected chi connectivity index (χ3v) is 7.77. The molecule has 0 aliphatic rings. The highest BCUT2D eigenvalue weighted by Gasteiger charge is 2.38. The Bertz CT molecular complexity index is 1130. The van der Waals surface area contributed by atoms with E-state index >= 15 is 0 Å². The number of amides is 2. The van der Waals surface area contributed by atoms with Gasteiger partial charge in [0.05, 0.1) is 4.75 Å². The van der Waals surface area contributed by atoms with Gasteiger partial charge in [-0.05, 0) is 50.3 Å². The van der Waals surface area contributed by atoms with Crippen molar-refractivity contribution in [3.63, 3.8) is 0 Å². The van der Waals surface area contributed by atoms with Crippen LogP contribution < -0.4 is 10.6 Å². The van der Waals surface area contributed by atoms with E-state index in [0.29, 0.717) is 19.4 Å². The summed E-state index contributed by atoms with van der Waals surface area (Å²) in [6, 6.07) is 29.5. The Labute approximate surface area is 240 Å². The lowest BCUT2D eigenvalue weighted by molar-refractivity contribution is -0.137. The number of carbonyl (C=O) groups is 3. The molecule has 0 aromatic heterocycles. The number of unbranched alkanes of at least 4 members (excludes halogenated alkanes) is 1. The van der Waals surface area contributed by atoms with Gasteiger partial charge in [0.1, 0.15) is 11.6 Å². The van der Waals surface area contributed by atoms with Crippen molar-refractivity contribution in [2.75, 3.05) is 12.3 Å². The fourth-order valence-corrected chi connectivity index (χ4v) is 5.91. The van der Waals surface area contributed by atoms with Crippen LogP contribution in [-0.4, -0.2) is 47.0 Å². The zero-order chi connectivity index (χ0) is 29.0. The van der Waals surface area contributed by atoms with Crippen molar-refractivity contribution in [3.8, 4) is 0 Å². The van der Waals surface area contributed by atoms with E-state index in [4.69, 9.17) is 9.84 Å². The number of alkyl carbamates (subject to hydrolysis) is 1. The number of carboxylic acids is 1. The van der Waals surface area contributed by atoms with Crippen LogP contribution in [0.4, 0.5) is 4.79 Å².